The standard InChI is InChI=1S/C19H21N3O4.ClH/c1-13-9-14(11-20)12-21(13)19(23)17-10-15(22(24)25)7-8-18(17)26-16-5-3-2-4-6-16;/h2-8,10,13-14H,9,11-12,20H2,1H3;1H. The highest BCUT2D eigenvalue weighted by Crippen LogP contribution is 2.32. The van der Waals surface area contributed by atoms with Crippen LogP contribution in [0.4, 0.5) is 5.69 Å². The minimum atomic E-state index is -0.515. The first-order valence-electron chi connectivity index (χ1n) is 8.52. The molecule has 2 N–H and O–H groups in total. The number of halogens is 1. The van der Waals surface area contributed by atoms with Gasteiger partial charge in [0.1, 0.15) is 11.5 Å². The molecule has 0 saturated carbocycles. The molecule has 8 heteroatoms. The van der Waals surface area contributed by atoms with Gasteiger partial charge in [-0.3, -0.25) is 14.9 Å². The fourth-order valence-corrected chi connectivity index (χ4v) is 3.25. The predicted molar refractivity (Wildman–Crippen MR) is 105 cm³/mol. The summed E-state index contributed by atoms with van der Waals surface area (Å²) in [6.45, 7) is 3.02. The molecular formula is C19H22ClN3O4. The number of nitro groups is 1. The summed E-state index contributed by atoms with van der Waals surface area (Å²) in [7, 11) is 0. The van der Waals surface area contributed by atoms with Crippen molar-refractivity contribution in [2.24, 2.45) is 11.7 Å². The van der Waals surface area contributed by atoms with Crippen molar-refractivity contribution in [2.45, 2.75) is 19.4 Å². The normalized spacial score (nSPS) is 18.7. The molecule has 27 heavy (non-hydrogen) atoms. The SMILES string of the molecule is CC1CC(CN)CN1C(=O)c1cc([N+](=O)[O-])ccc1Oc1ccccc1.Cl. The predicted octanol–water partition coefficient (Wildman–Crippen LogP) is 3.62. The minimum Gasteiger partial charge on any atom is -0.457 e. The van der Waals surface area contributed by atoms with E-state index < -0.39 is 4.92 Å². The average molecular weight is 392 g/mol. The number of rotatable bonds is 5. The monoisotopic (exact) mass is 391 g/mol. The van der Waals surface area contributed by atoms with Gasteiger partial charge in [0.2, 0.25) is 0 Å². The van der Waals surface area contributed by atoms with Gasteiger partial charge in [-0.15, -0.1) is 12.4 Å². The molecule has 7 nitrogen and oxygen atoms in total. The van der Waals surface area contributed by atoms with Crippen molar-refractivity contribution in [3.05, 3.63) is 64.2 Å². The second-order valence-electron chi connectivity index (χ2n) is 6.50. The molecule has 144 valence electrons. The van der Waals surface area contributed by atoms with Crippen LogP contribution in [0.25, 0.3) is 0 Å². The van der Waals surface area contributed by atoms with Crippen LogP contribution in [-0.2, 0) is 0 Å². The quantitative estimate of drug-likeness (QED) is 0.620. The van der Waals surface area contributed by atoms with E-state index in [1.807, 2.05) is 25.1 Å². The summed E-state index contributed by atoms with van der Waals surface area (Å²) in [6, 6.07) is 13.1. The maximum Gasteiger partial charge on any atom is 0.270 e. The molecule has 1 aliphatic rings. The number of carbonyl (C=O) groups is 1. The van der Waals surface area contributed by atoms with E-state index in [4.69, 9.17) is 10.5 Å². The molecule has 0 spiro atoms. The van der Waals surface area contributed by atoms with Crippen LogP contribution in [0.5, 0.6) is 11.5 Å². The molecule has 2 unspecified atom stereocenters. The van der Waals surface area contributed by atoms with Gasteiger partial charge >= 0.3 is 0 Å². The molecular weight excluding hydrogens is 370 g/mol. The van der Waals surface area contributed by atoms with E-state index in [-0.39, 0.29) is 41.5 Å². The van der Waals surface area contributed by atoms with Crippen molar-refractivity contribution >= 4 is 24.0 Å². The first kappa shape index (κ1) is 20.7. The highest BCUT2D eigenvalue weighted by atomic mass is 35.5. The largest absolute Gasteiger partial charge is 0.457 e. The van der Waals surface area contributed by atoms with Crippen LogP contribution < -0.4 is 10.5 Å². The molecule has 1 fully saturated rings. The van der Waals surface area contributed by atoms with E-state index in [9.17, 15) is 14.9 Å². The lowest BCUT2D eigenvalue weighted by Crippen LogP contribution is -2.34. The third-order valence-electron chi connectivity index (χ3n) is 4.63. The summed E-state index contributed by atoms with van der Waals surface area (Å²) in [5, 5.41) is 11.2. The third-order valence-corrected chi connectivity index (χ3v) is 4.63. The molecule has 1 saturated heterocycles. The van der Waals surface area contributed by atoms with Crippen LogP contribution in [0, 0.1) is 16.0 Å². The Bertz CT molecular complexity index is 816. The van der Waals surface area contributed by atoms with Gasteiger partial charge in [0.05, 0.1) is 10.5 Å². The smallest absolute Gasteiger partial charge is 0.270 e. The lowest BCUT2D eigenvalue weighted by molar-refractivity contribution is -0.384. The van der Waals surface area contributed by atoms with E-state index in [1.54, 1.807) is 17.0 Å². The number of para-hydroxylation sites is 1. The first-order chi connectivity index (χ1) is 12.5. The maximum atomic E-state index is 13.1. The summed E-state index contributed by atoms with van der Waals surface area (Å²) >= 11 is 0. The molecule has 2 aromatic rings. The fourth-order valence-electron chi connectivity index (χ4n) is 3.25. The second-order valence-corrected chi connectivity index (χ2v) is 6.50. The zero-order chi connectivity index (χ0) is 18.7. The van der Waals surface area contributed by atoms with E-state index >= 15 is 0 Å². The third kappa shape index (κ3) is 4.56. The zero-order valence-electron chi connectivity index (χ0n) is 14.9. The Balaban J connectivity index is 0.00000261. The number of carbonyl (C=O) groups excluding carboxylic acids is 1. The van der Waals surface area contributed by atoms with Gasteiger partial charge in [0, 0.05) is 24.7 Å². The Hall–Kier alpha value is -2.64. The molecule has 2 atom stereocenters. The van der Waals surface area contributed by atoms with Crippen molar-refractivity contribution in [1.82, 2.24) is 4.90 Å². The van der Waals surface area contributed by atoms with Gasteiger partial charge in [-0.1, -0.05) is 18.2 Å². The van der Waals surface area contributed by atoms with Gasteiger partial charge in [-0.05, 0) is 44.0 Å². The zero-order valence-corrected chi connectivity index (χ0v) is 15.7. The molecule has 0 aliphatic carbocycles. The Morgan fingerprint density at radius 1 is 1.30 bits per heavy atom. The van der Waals surface area contributed by atoms with Gasteiger partial charge in [0.15, 0.2) is 0 Å². The van der Waals surface area contributed by atoms with Crippen LogP contribution in [0.2, 0.25) is 0 Å². The van der Waals surface area contributed by atoms with Crippen molar-refractivity contribution in [3.8, 4) is 11.5 Å². The minimum absolute atomic E-state index is 0. The van der Waals surface area contributed by atoms with Crippen LogP contribution in [0.15, 0.2) is 48.5 Å². The second kappa shape index (κ2) is 8.83. The number of nitrogens with zero attached hydrogens (tertiary/aromatic N) is 2. The number of hydrogen-bond donors (Lipinski definition) is 1. The summed E-state index contributed by atoms with van der Waals surface area (Å²) in [6.07, 6.45) is 0.825. The molecule has 1 heterocycles. The van der Waals surface area contributed by atoms with Crippen molar-refractivity contribution in [1.29, 1.82) is 0 Å². The lowest BCUT2D eigenvalue weighted by atomic mass is 10.1. The summed E-state index contributed by atoms with van der Waals surface area (Å²) in [4.78, 5) is 25.4. The van der Waals surface area contributed by atoms with E-state index in [0.29, 0.717) is 24.6 Å². The molecule has 1 amide bonds. The molecule has 0 bridgehead atoms. The van der Waals surface area contributed by atoms with Gasteiger partial charge in [-0.2, -0.15) is 0 Å². The van der Waals surface area contributed by atoms with E-state index in [2.05, 4.69) is 0 Å². The number of nitrogens with two attached hydrogens (primary N) is 1. The molecule has 3 rings (SSSR count). The number of amides is 1. The average Bonchev–Trinajstić information content (AvgIpc) is 3.03. The van der Waals surface area contributed by atoms with Gasteiger partial charge in [0.25, 0.3) is 11.6 Å². The Labute approximate surface area is 163 Å². The number of hydrogen-bond acceptors (Lipinski definition) is 5. The van der Waals surface area contributed by atoms with Crippen LogP contribution in [-0.4, -0.2) is 34.9 Å². The van der Waals surface area contributed by atoms with Gasteiger partial charge < -0.3 is 15.4 Å². The molecule has 2 aromatic carbocycles. The lowest BCUT2D eigenvalue weighted by Gasteiger charge is -2.22. The number of ether oxygens (including phenoxy) is 1. The van der Waals surface area contributed by atoms with Crippen molar-refractivity contribution in [3.63, 3.8) is 0 Å². The highest BCUT2D eigenvalue weighted by Gasteiger charge is 2.34. The summed E-state index contributed by atoms with van der Waals surface area (Å²) in [5.41, 5.74) is 5.79. The number of non-ortho nitro benzene ring substituents is 1. The highest BCUT2D eigenvalue weighted by molar-refractivity contribution is 5.98. The Kier molecular flexibility index (Phi) is 6.76. The van der Waals surface area contributed by atoms with Crippen LogP contribution in [0.1, 0.15) is 23.7 Å². The molecule has 0 aromatic heterocycles. The van der Waals surface area contributed by atoms with Gasteiger partial charge in [-0.25, -0.2) is 0 Å². The van der Waals surface area contributed by atoms with E-state index in [0.717, 1.165) is 6.42 Å². The Morgan fingerprint density at radius 2 is 2.00 bits per heavy atom. The first-order valence-corrected chi connectivity index (χ1v) is 8.52. The number of likely N-dealkylation sites (tertiary alicyclic amines) is 1. The number of nitro benzene ring substituents is 1. The number of benzene rings is 2. The van der Waals surface area contributed by atoms with Crippen molar-refractivity contribution in [2.75, 3.05) is 13.1 Å². The Morgan fingerprint density at radius 3 is 2.59 bits per heavy atom. The fraction of sp³-hybridized carbons (Fsp3) is 0.316. The summed E-state index contributed by atoms with van der Waals surface area (Å²) in [5.74, 6) is 0.828. The maximum absolute atomic E-state index is 13.1. The van der Waals surface area contributed by atoms with E-state index in [1.165, 1.54) is 18.2 Å². The van der Waals surface area contributed by atoms with Crippen LogP contribution >= 0.6 is 12.4 Å². The topological polar surface area (TPSA) is 98.7 Å². The molecule has 0 radical (unpaired) electrons. The summed E-state index contributed by atoms with van der Waals surface area (Å²) < 4.78 is 5.82. The van der Waals surface area contributed by atoms with Crippen LogP contribution in [0.3, 0.4) is 0 Å². The molecule has 1 aliphatic heterocycles. The van der Waals surface area contributed by atoms with Crippen molar-refractivity contribution < 1.29 is 14.5 Å².